The van der Waals surface area contributed by atoms with Crippen molar-refractivity contribution in [2.45, 2.75) is 32.9 Å². The Hall–Kier alpha value is -2.87. The fourth-order valence-corrected chi connectivity index (χ4v) is 2.96. The molecule has 0 saturated heterocycles. The van der Waals surface area contributed by atoms with Gasteiger partial charge < -0.3 is 20.1 Å². The van der Waals surface area contributed by atoms with E-state index in [1.807, 2.05) is 0 Å². The molecule has 0 fully saturated rings. The highest BCUT2D eigenvalue weighted by Gasteiger charge is 2.29. The molecule has 28 heavy (non-hydrogen) atoms. The highest BCUT2D eigenvalue weighted by molar-refractivity contribution is 7.12. The number of esters is 1. The third-order valence-electron chi connectivity index (χ3n) is 3.97. The molecular formula is C20H24N2O5S. The van der Waals surface area contributed by atoms with Crippen LogP contribution in [0.3, 0.4) is 0 Å². The van der Waals surface area contributed by atoms with Gasteiger partial charge in [0.25, 0.3) is 11.8 Å². The molecule has 1 heterocycles. The van der Waals surface area contributed by atoms with E-state index in [4.69, 9.17) is 9.47 Å². The summed E-state index contributed by atoms with van der Waals surface area (Å²) in [5, 5.41) is 7.13. The van der Waals surface area contributed by atoms with Crippen molar-refractivity contribution in [3.8, 4) is 5.75 Å². The Balaban J connectivity index is 1.95. The van der Waals surface area contributed by atoms with Gasteiger partial charge in [-0.25, -0.2) is 4.79 Å². The molecule has 2 atom stereocenters. The van der Waals surface area contributed by atoms with Gasteiger partial charge in [-0.2, -0.15) is 0 Å². The Labute approximate surface area is 168 Å². The summed E-state index contributed by atoms with van der Waals surface area (Å²) in [5.74, 6) is -1.00. The maximum atomic E-state index is 12.5. The van der Waals surface area contributed by atoms with Crippen molar-refractivity contribution in [3.63, 3.8) is 0 Å². The zero-order valence-electron chi connectivity index (χ0n) is 16.2. The fourth-order valence-electron chi connectivity index (χ4n) is 2.34. The van der Waals surface area contributed by atoms with Crippen LogP contribution in [0.4, 0.5) is 5.69 Å². The van der Waals surface area contributed by atoms with Crippen molar-refractivity contribution < 1.29 is 23.9 Å². The molecule has 2 amide bonds. The second-order valence-electron chi connectivity index (χ2n) is 6.47. The highest BCUT2D eigenvalue weighted by Crippen LogP contribution is 2.16. The van der Waals surface area contributed by atoms with E-state index < -0.39 is 24.0 Å². The molecule has 2 rings (SSSR count). The van der Waals surface area contributed by atoms with E-state index in [2.05, 4.69) is 10.6 Å². The van der Waals surface area contributed by atoms with E-state index >= 15 is 0 Å². The van der Waals surface area contributed by atoms with Crippen molar-refractivity contribution >= 4 is 34.8 Å². The van der Waals surface area contributed by atoms with Gasteiger partial charge in [0.15, 0.2) is 6.10 Å². The summed E-state index contributed by atoms with van der Waals surface area (Å²) in [7, 11) is 1.55. The topological polar surface area (TPSA) is 93.7 Å². The predicted molar refractivity (Wildman–Crippen MR) is 108 cm³/mol. The zero-order chi connectivity index (χ0) is 20.7. The number of amides is 2. The first-order valence-corrected chi connectivity index (χ1v) is 9.69. The average Bonchev–Trinajstić information content (AvgIpc) is 3.21. The lowest BCUT2D eigenvalue weighted by molar-refractivity contribution is -0.156. The number of carbonyl (C=O) groups is 3. The van der Waals surface area contributed by atoms with Gasteiger partial charge in [-0.15, -0.1) is 11.3 Å². The van der Waals surface area contributed by atoms with Gasteiger partial charge in [0.05, 0.1) is 12.0 Å². The van der Waals surface area contributed by atoms with Crippen LogP contribution in [0.5, 0.6) is 5.75 Å². The number of hydrogen-bond acceptors (Lipinski definition) is 6. The van der Waals surface area contributed by atoms with Crippen molar-refractivity contribution in [1.82, 2.24) is 5.32 Å². The standard InChI is InChI=1S/C20H24N2O5S/c1-12(2)17(22-19(24)16-6-5-11-28-16)20(25)27-13(3)18(23)21-14-7-9-15(26-4)10-8-14/h5-13,17H,1-4H3,(H,21,23)(H,22,24)/t13-,17-/m0/s1. The monoisotopic (exact) mass is 404 g/mol. The maximum Gasteiger partial charge on any atom is 0.329 e. The van der Waals surface area contributed by atoms with Crippen molar-refractivity contribution in [3.05, 3.63) is 46.7 Å². The molecule has 0 aliphatic carbocycles. The minimum atomic E-state index is -1.02. The number of anilines is 1. The van der Waals surface area contributed by atoms with Gasteiger partial charge in [0.1, 0.15) is 11.8 Å². The molecule has 2 N–H and O–H groups in total. The summed E-state index contributed by atoms with van der Waals surface area (Å²) >= 11 is 1.28. The molecule has 1 aromatic heterocycles. The van der Waals surface area contributed by atoms with Crippen LogP contribution in [0, 0.1) is 5.92 Å². The van der Waals surface area contributed by atoms with Crippen LogP contribution >= 0.6 is 11.3 Å². The van der Waals surface area contributed by atoms with Crippen LogP contribution in [0.15, 0.2) is 41.8 Å². The van der Waals surface area contributed by atoms with E-state index in [9.17, 15) is 14.4 Å². The van der Waals surface area contributed by atoms with Crippen LogP contribution in [-0.4, -0.2) is 37.0 Å². The second-order valence-corrected chi connectivity index (χ2v) is 7.42. The van der Waals surface area contributed by atoms with Gasteiger partial charge >= 0.3 is 5.97 Å². The van der Waals surface area contributed by atoms with Crippen molar-refractivity contribution in [2.75, 3.05) is 12.4 Å². The predicted octanol–water partition coefficient (Wildman–Crippen LogP) is 3.08. The van der Waals surface area contributed by atoms with E-state index in [1.165, 1.54) is 18.3 Å². The molecule has 0 aliphatic rings. The van der Waals surface area contributed by atoms with Gasteiger partial charge in [-0.3, -0.25) is 9.59 Å². The minimum absolute atomic E-state index is 0.201. The van der Waals surface area contributed by atoms with Crippen LogP contribution in [0.25, 0.3) is 0 Å². The normalized spacial score (nSPS) is 12.8. The molecule has 0 aliphatic heterocycles. The van der Waals surface area contributed by atoms with E-state index in [1.54, 1.807) is 62.7 Å². The zero-order valence-corrected chi connectivity index (χ0v) is 17.0. The van der Waals surface area contributed by atoms with Crippen LogP contribution < -0.4 is 15.4 Å². The van der Waals surface area contributed by atoms with Gasteiger partial charge in [0, 0.05) is 5.69 Å². The SMILES string of the molecule is COc1ccc(NC(=O)[C@H](C)OC(=O)[C@@H](NC(=O)c2cccs2)C(C)C)cc1. The third-order valence-corrected chi connectivity index (χ3v) is 4.84. The molecule has 0 bridgehead atoms. The Morgan fingerprint density at radius 3 is 2.25 bits per heavy atom. The van der Waals surface area contributed by atoms with Crippen LogP contribution in [0.1, 0.15) is 30.4 Å². The average molecular weight is 404 g/mol. The van der Waals surface area contributed by atoms with E-state index in [0.717, 1.165) is 0 Å². The molecule has 0 unspecified atom stereocenters. The highest BCUT2D eigenvalue weighted by atomic mass is 32.1. The summed E-state index contributed by atoms with van der Waals surface area (Å²) in [4.78, 5) is 37.6. The Bertz CT molecular complexity index is 803. The van der Waals surface area contributed by atoms with Gasteiger partial charge in [0.2, 0.25) is 0 Å². The van der Waals surface area contributed by atoms with Gasteiger partial charge in [-0.1, -0.05) is 19.9 Å². The molecular weight excluding hydrogens is 380 g/mol. The van der Waals surface area contributed by atoms with Crippen LogP contribution in [0.2, 0.25) is 0 Å². The number of rotatable bonds is 8. The Morgan fingerprint density at radius 2 is 1.71 bits per heavy atom. The summed E-state index contributed by atoms with van der Waals surface area (Å²) in [6.45, 7) is 5.07. The van der Waals surface area contributed by atoms with Crippen molar-refractivity contribution in [2.24, 2.45) is 5.92 Å². The lowest BCUT2D eigenvalue weighted by Gasteiger charge is -2.22. The molecule has 7 nitrogen and oxygen atoms in total. The summed E-state index contributed by atoms with van der Waals surface area (Å²) < 4.78 is 10.3. The lowest BCUT2D eigenvalue weighted by atomic mass is 10.0. The minimum Gasteiger partial charge on any atom is -0.497 e. The number of thiophene rings is 1. The molecule has 0 saturated carbocycles. The van der Waals surface area contributed by atoms with Gasteiger partial charge in [-0.05, 0) is 48.6 Å². The number of hydrogen-bond donors (Lipinski definition) is 2. The molecule has 150 valence electrons. The Kier molecular flexibility index (Phi) is 7.57. The van der Waals surface area contributed by atoms with E-state index in [0.29, 0.717) is 16.3 Å². The number of nitrogens with one attached hydrogen (secondary N) is 2. The smallest absolute Gasteiger partial charge is 0.329 e. The molecule has 1 aromatic carbocycles. The van der Waals surface area contributed by atoms with Crippen LogP contribution in [-0.2, 0) is 14.3 Å². The first-order valence-electron chi connectivity index (χ1n) is 8.81. The lowest BCUT2D eigenvalue weighted by Crippen LogP contribution is -2.47. The van der Waals surface area contributed by atoms with Crippen molar-refractivity contribution in [1.29, 1.82) is 0 Å². The summed E-state index contributed by atoms with van der Waals surface area (Å²) in [6, 6.07) is 9.36. The molecule has 8 heteroatoms. The first kappa shape index (κ1) is 21.4. The number of benzene rings is 1. The maximum absolute atomic E-state index is 12.5. The fraction of sp³-hybridized carbons (Fsp3) is 0.350. The quantitative estimate of drug-likeness (QED) is 0.660. The summed E-state index contributed by atoms with van der Waals surface area (Å²) in [5.41, 5.74) is 0.556. The molecule has 2 aromatic rings. The Morgan fingerprint density at radius 1 is 1.04 bits per heavy atom. The largest absolute Gasteiger partial charge is 0.497 e. The molecule has 0 radical (unpaired) electrons. The second kappa shape index (κ2) is 9.89. The molecule has 0 spiro atoms. The van der Waals surface area contributed by atoms with E-state index in [-0.39, 0.29) is 11.8 Å². The first-order chi connectivity index (χ1) is 13.3. The summed E-state index contributed by atoms with van der Waals surface area (Å²) in [6.07, 6.45) is -1.02. The number of carbonyl (C=O) groups excluding carboxylic acids is 3. The number of methoxy groups -OCH3 is 1. The number of ether oxygens (including phenoxy) is 2. The third kappa shape index (κ3) is 5.82.